The monoisotopic (exact) mass is 306 g/mol. The third-order valence-electron chi connectivity index (χ3n) is 2.17. The van der Waals surface area contributed by atoms with Gasteiger partial charge < -0.3 is 9.84 Å². The van der Waals surface area contributed by atoms with E-state index in [0.29, 0.717) is 0 Å². The maximum Gasteiger partial charge on any atom is 0.411 e. The molecule has 0 radical (unpaired) electrons. The Bertz CT molecular complexity index is 546. The molecule has 118 valence electrons. The number of nitro groups is 1. The molecule has 0 aliphatic heterocycles. The summed E-state index contributed by atoms with van der Waals surface area (Å²) in [4.78, 5) is 20.2. The topological polar surface area (TPSA) is 102 Å². The van der Waals surface area contributed by atoms with Crippen LogP contribution in [-0.2, 0) is 4.74 Å². The lowest BCUT2D eigenvalue weighted by atomic mass is 10.3. The summed E-state index contributed by atoms with van der Waals surface area (Å²) in [7, 11) is 2.33. The van der Waals surface area contributed by atoms with Gasteiger partial charge in [0.25, 0.3) is 5.69 Å². The number of nitrogens with zero attached hydrogens (tertiary/aromatic N) is 1. The van der Waals surface area contributed by atoms with E-state index in [1.807, 2.05) is 18.2 Å². The number of carbonyl (C=O) groups excluding carboxylic acids is 1. The fourth-order valence-corrected chi connectivity index (χ4v) is 1.24. The number of benzene rings is 2. The van der Waals surface area contributed by atoms with Crippen LogP contribution in [0, 0.1) is 10.1 Å². The molecule has 0 saturated heterocycles. The molecule has 0 aliphatic carbocycles. The molecule has 1 amide bonds. The van der Waals surface area contributed by atoms with Crippen LogP contribution in [0.5, 0.6) is 0 Å². The zero-order chi connectivity index (χ0) is 16.8. The molecule has 0 aliphatic rings. The number of anilines is 1. The number of hydrogen-bond acceptors (Lipinski definition) is 5. The maximum absolute atomic E-state index is 10.6. The number of ether oxygens (including phenoxy) is 1. The molecule has 2 aromatic carbocycles. The van der Waals surface area contributed by atoms with Gasteiger partial charge in [0, 0.05) is 24.9 Å². The molecule has 7 heteroatoms. The standard InChI is InChI=1S/C8H9NO2.C6H5NO2.CH4O/c1-11-8(10)9-7-5-3-2-4-6-7;8-7(9)6-4-2-1-3-5-6;1-2/h2-6H,1H3,(H,9,10);1-5H;2H,1H3. The van der Waals surface area contributed by atoms with E-state index < -0.39 is 11.0 Å². The van der Waals surface area contributed by atoms with E-state index in [1.165, 1.54) is 19.2 Å². The average molecular weight is 306 g/mol. The summed E-state index contributed by atoms with van der Waals surface area (Å²) >= 11 is 0. The van der Waals surface area contributed by atoms with Crippen LogP contribution in [0.25, 0.3) is 0 Å². The van der Waals surface area contributed by atoms with E-state index in [9.17, 15) is 14.9 Å². The number of hydrogen-bond donors (Lipinski definition) is 2. The summed E-state index contributed by atoms with van der Waals surface area (Å²) in [6.45, 7) is 0. The number of nitro benzene ring substituents is 1. The number of aliphatic hydroxyl groups excluding tert-OH is 1. The molecule has 0 bridgehead atoms. The van der Waals surface area contributed by atoms with Crippen molar-refractivity contribution in [1.82, 2.24) is 0 Å². The zero-order valence-corrected chi connectivity index (χ0v) is 12.3. The van der Waals surface area contributed by atoms with Crippen LogP contribution in [-0.4, -0.2) is 30.3 Å². The van der Waals surface area contributed by atoms with Crippen molar-refractivity contribution in [2.45, 2.75) is 0 Å². The van der Waals surface area contributed by atoms with E-state index in [0.717, 1.165) is 12.8 Å². The van der Waals surface area contributed by atoms with Crippen molar-refractivity contribution >= 4 is 17.5 Å². The molecule has 0 heterocycles. The smallest absolute Gasteiger partial charge is 0.411 e. The van der Waals surface area contributed by atoms with Gasteiger partial charge in [-0.25, -0.2) is 4.79 Å². The lowest BCUT2D eigenvalue weighted by molar-refractivity contribution is -0.384. The number of nitrogens with one attached hydrogen (secondary N) is 1. The second-order valence-electron chi connectivity index (χ2n) is 3.58. The number of methoxy groups -OCH3 is 1. The molecule has 2 N–H and O–H groups in total. The van der Waals surface area contributed by atoms with Gasteiger partial charge >= 0.3 is 6.09 Å². The minimum atomic E-state index is -0.448. The fraction of sp³-hybridized carbons (Fsp3) is 0.133. The molecule has 0 unspecified atom stereocenters. The van der Waals surface area contributed by atoms with Crippen molar-refractivity contribution in [2.75, 3.05) is 19.5 Å². The van der Waals surface area contributed by atoms with Crippen molar-refractivity contribution < 1.29 is 19.6 Å². The van der Waals surface area contributed by atoms with Gasteiger partial charge in [-0.15, -0.1) is 0 Å². The van der Waals surface area contributed by atoms with E-state index in [-0.39, 0.29) is 5.69 Å². The number of carbonyl (C=O) groups is 1. The summed E-state index contributed by atoms with van der Waals surface area (Å²) in [6, 6.07) is 17.1. The van der Waals surface area contributed by atoms with Gasteiger partial charge in [-0.05, 0) is 12.1 Å². The molecule has 7 nitrogen and oxygen atoms in total. The number of non-ortho nitro benzene ring substituents is 1. The molecule has 2 rings (SSSR count). The molecule has 0 fully saturated rings. The number of aliphatic hydroxyl groups is 1. The Kier molecular flexibility index (Phi) is 10.3. The van der Waals surface area contributed by atoms with Crippen molar-refractivity contribution in [3.05, 3.63) is 70.8 Å². The maximum atomic E-state index is 10.6. The van der Waals surface area contributed by atoms with Crippen LogP contribution in [0.2, 0.25) is 0 Å². The highest BCUT2D eigenvalue weighted by Gasteiger charge is 1.98. The van der Waals surface area contributed by atoms with Gasteiger partial charge in [-0.2, -0.15) is 0 Å². The van der Waals surface area contributed by atoms with Gasteiger partial charge in [0.15, 0.2) is 0 Å². The van der Waals surface area contributed by atoms with Gasteiger partial charge in [0.1, 0.15) is 0 Å². The van der Waals surface area contributed by atoms with Crippen LogP contribution >= 0.6 is 0 Å². The highest BCUT2D eigenvalue weighted by molar-refractivity contribution is 5.84. The van der Waals surface area contributed by atoms with E-state index in [4.69, 9.17) is 5.11 Å². The Morgan fingerprint density at radius 1 is 1.05 bits per heavy atom. The third-order valence-corrected chi connectivity index (χ3v) is 2.17. The molecule has 0 saturated carbocycles. The normalized spacial score (nSPS) is 8.32. The second-order valence-corrected chi connectivity index (χ2v) is 3.58. The Hall–Kier alpha value is -2.93. The predicted octanol–water partition coefficient (Wildman–Crippen LogP) is 3.07. The largest absolute Gasteiger partial charge is 0.453 e. The summed E-state index contributed by atoms with van der Waals surface area (Å²) in [6.07, 6.45) is -0.448. The Morgan fingerprint density at radius 2 is 1.50 bits per heavy atom. The molecule has 0 aromatic heterocycles. The summed E-state index contributed by atoms with van der Waals surface area (Å²) < 4.78 is 4.40. The minimum Gasteiger partial charge on any atom is -0.453 e. The van der Waals surface area contributed by atoms with E-state index in [2.05, 4.69) is 10.1 Å². The second kappa shape index (κ2) is 11.9. The van der Waals surface area contributed by atoms with Crippen LogP contribution < -0.4 is 5.32 Å². The van der Waals surface area contributed by atoms with Gasteiger partial charge in [-0.3, -0.25) is 15.4 Å². The van der Waals surface area contributed by atoms with Crippen LogP contribution in [0.1, 0.15) is 0 Å². The van der Waals surface area contributed by atoms with Crippen LogP contribution in [0.3, 0.4) is 0 Å². The van der Waals surface area contributed by atoms with Crippen LogP contribution in [0.15, 0.2) is 60.7 Å². The van der Waals surface area contributed by atoms with E-state index in [1.54, 1.807) is 30.3 Å². The minimum absolute atomic E-state index is 0.137. The Balaban J connectivity index is 0.000000366. The number of para-hydroxylation sites is 2. The Morgan fingerprint density at radius 3 is 1.86 bits per heavy atom. The highest BCUT2D eigenvalue weighted by Crippen LogP contribution is 2.06. The first-order chi connectivity index (χ1) is 10.6. The van der Waals surface area contributed by atoms with Crippen molar-refractivity contribution in [3.63, 3.8) is 0 Å². The molecule has 0 spiro atoms. The molecule has 0 atom stereocenters. The first-order valence-electron chi connectivity index (χ1n) is 6.17. The van der Waals surface area contributed by atoms with Crippen LogP contribution in [0.4, 0.5) is 16.2 Å². The van der Waals surface area contributed by atoms with Crippen molar-refractivity contribution in [1.29, 1.82) is 0 Å². The predicted molar refractivity (Wildman–Crippen MR) is 83.7 cm³/mol. The lowest BCUT2D eigenvalue weighted by Gasteiger charge is -2.01. The third kappa shape index (κ3) is 8.28. The lowest BCUT2D eigenvalue weighted by Crippen LogP contribution is -2.10. The number of amides is 1. The molecule has 22 heavy (non-hydrogen) atoms. The number of rotatable bonds is 2. The van der Waals surface area contributed by atoms with Crippen molar-refractivity contribution in [2.24, 2.45) is 0 Å². The molecule has 2 aromatic rings. The van der Waals surface area contributed by atoms with E-state index >= 15 is 0 Å². The Labute approximate surface area is 128 Å². The molecular formula is C15H18N2O5. The fourth-order valence-electron chi connectivity index (χ4n) is 1.24. The summed E-state index contributed by atoms with van der Waals surface area (Å²) in [5.41, 5.74) is 0.872. The first-order valence-corrected chi connectivity index (χ1v) is 6.17. The van der Waals surface area contributed by atoms with Gasteiger partial charge in [0.05, 0.1) is 12.0 Å². The quantitative estimate of drug-likeness (QED) is 0.655. The summed E-state index contributed by atoms with van der Waals surface area (Å²) in [5, 5.41) is 19.5. The summed E-state index contributed by atoms with van der Waals surface area (Å²) in [5.74, 6) is 0. The van der Waals surface area contributed by atoms with Gasteiger partial charge in [0.2, 0.25) is 0 Å². The highest BCUT2D eigenvalue weighted by atomic mass is 16.6. The average Bonchev–Trinajstić information content (AvgIpc) is 2.59. The first kappa shape index (κ1) is 19.1. The SMILES string of the molecule is CO.COC(=O)Nc1ccccc1.O=[N+]([O-])c1ccccc1. The zero-order valence-electron chi connectivity index (χ0n) is 12.3. The van der Waals surface area contributed by atoms with Crippen molar-refractivity contribution in [3.8, 4) is 0 Å². The molecular weight excluding hydrogens is 288 g/mol. The van der Waals surface area contributed by atoms with Gasteiger partial charge in [-0.1, -0.05) is 36.4 Å².